The maximum absolute atomic E-state index is 12.7. The predicted octanol–water partition coefficient (Wildman–Crippen LogP) is 2.10. The molecule has 2 aromatic carbocycles. The topological polar surface area (TPSA) is 116 Å². The summed E-state index contributed by atoms with van der Waals surface area (Å²) in [7, 11) is 2.82. The summed E-state index contributed by atoms with van der Waals surface area (Å²) in [4.78, 5) is 35.5. The predicted molar refractivity (Wildman–Crippen MR) is 94.6 cm³/mol. The van der Waals surface area contributed by atoms with Crippen molar-refractivity contribution in [2.24, 2.45) is 7.05 Å². The Balaban J connectivity index is 2.07. The van der Waals surface area contributed by atoms with Gasteiger partial charge in [0.1, 0.15) is 11.4 Å². The standard InChI is InChI=1S/C17H14N4O5/c1-20-17(23)12-6-4-3-5-11(12)15(19-20)16(22)18-13-8-7-10(26-2)9-14(13)21(24)25/h3-9H,1-2H3,(H,18,22). The van der Waals surface area contributed by atoms with Crippen LogP contribution in [0, 0.1) is 10.1 Å². The van der Waals surface area contributed by atoms with E-state index in [0.29, 0.717) is 16.5 Å². The molecule has 1 N–H and O–H groups in total. The lowest BCUT2D eigenvalue weighted by Gasteiger charge is -2.10. The van der Waals surface area contributed by atoms with E-state index in [4.69, 9.17) is 4.74 Å². The molecule has 1 aromatic heterocycles. The van der Waals surface area contributed by atoms with E-state index in [0.717, 1.165) is 4.68 Å². The average Bonchev–Trinajstić information content (AvgIpc) is 2.64. The van der Waals surface area contributed by atoms with Gasteiger partial charge in [-0.1, -0.05) is 18.2 Å². The number of aromatic nitrogens is 2. The number of amides is 1. The maximum atomic E-state index is 12.7. The first-order chi connectivity index (χ1) is 12.4. The molecule has 0 radical (unpaired) electrons. The molecule has 0 aliphatic carbocycles. The van der Waals surface area contributed by atoms with Crippen molar-refractivity contribution in [2.75, 3.05) is 12.4 Å². The number of nitrogens with one attached hydrogen (secondary N) is 1. The van der Waals surface area contributed by atoms with Gasteiger partial charge in [0.2, 0.25) is 0 Å². The van der Waals surface area contributed by atoms with Gasteiger partial charge in [-0.15, -0.1) is 0 Å². The zero-order valence-corrected chi connectivity index (χ0v) is 13.9. The van der Waals surface area contributed by atoms with E-state index in [-0.39, 0.29) is 22.6 Å². The second-order valence-corrected chi connectivity index (χ2v) is 5.42. The zero-order chi connectivity index (χ0) is 18.8. The van der Waals surface area contributed by atoms with E-state index in [1.165, 1.54) is 32.4 Å². The highest BCUT2D eigenvalue weighted by Gasteiger charge is 2.21. The number of carbonyl (C=O) groups excluding carboxylic acids is 1. The third-order valence-corrected chi connectivity index (χ3v) is 3.82. The number of aryl methyl sites for hydroxylation is 1. The number of hydrogen-bond donors (Lipinski definition) is 1. The fourth-order valence-corrected chi connectivity index (χ4v) is 2.54. The Morgan fingerprint density at radius 1 is 1.23 bits per heavy atom. The van der Waals surface area contributed by atoms with Gasteiger partial charge >= 0.3 is 0 Å². The zero-order valence-electron chi connectivity index (χ0n) is 13.9. The number of anilines is 1. The second-order valence-electron chi connectivity index (χ2n) is 5.42. The Morgan fingerprint density at radius 2 is 1.92 bits per heavy atom. The summed E-state index contributed by atoms with van der Waals surface area (Å²) in [5, 5.41) is 18.4. The number of nitro groups is 1. The van der Waals surface area contributed by atoms with Crippen molar-refractivity contribution >= 4 is 28.1 Å². The molecule has 0 aliphatic rings. The number of nitrogens with zero attached hydrogens (tertiary/aromatic N) is 3. The summed E-state index contributed by atoms with van der Waals surface area (Å²) in [6.07, 6.45) is 0. The number of benzene rings is 2. The van der Waals surface area contributed by atoms with Crippen LogP contribution in [0.25, 0.3) is 10.8 Å². The number of carbonyl (C=O) groups is 1. The van der Waals surface area contributed by atoms with Crippen LogP contribution in [0.3, 0.4) is 0 Å². The fourth-order valence-electron chi connectivity index (χ4n) is 2.54. The number of methoxy groups -OCH3 is 1. The largest absolute Gasteiger partial charge is 0.496 e. The van der Waals surface area contributed by atoms with Gasteiger partial charge in [-0.3, -0.25) is 19.7 Å². The Hall–Kier alpha value is -3.75. The molecule has 9 nitrogen and oxygen atoms in total. The molecule has 1 amide bonds. The number of fused-ring (bicyclic) bond motifs is 1. The monoisotopic (exact) mass is 354 g/mol. The lowest BCUT2D eigenvalue weighted by atomic mass is 10.1. The summed E-state index contributed by atoms with van der Waals surface area (Å²) in [5.41, 5.74) is -0.659. The minimum absolute atomic E-state index is 0.000495. The number of hydrogen-bond acceptors (Lipinski definition) is 6. The van der Waals surface area contributed by atoms with E-state index in [1.54, 1.807) is 24.3 Å². The average molecular weight is 354 g/mol. The van der Waals surface area contributed by atoms with Crippen molar-refractivity contribution in [3.63, 3.8) is 0 Å². The lowest BCUT2D eigenvalue weighted by Crippen LogP contribution is -2.25. The Labute approximate surface area is 147 Å². The molecule has 3 rings (SSSR count). The van der Waals surface area contributed by atoms with Gasteiger partial charge in [0.15, 0.2) is 5.69 Å². The van der Waals surface area contributed by atoms with Crippen molar-refractivity contribution in [3.05, 3.63) is 68.6 Å². The third-order valence-electron chi connectivity index (χ3n) is 3.82. The fraction of sp³-hybridized carbons (Fsp3) is 0.118. The normalized spacial score (nSPS) is 10.5. The quantitative estimate of drug-likeness (QED) is 0.566. The van der Waals surface area contributed by atoms with Crippen molar-refractivity contribution in [1.29, 1.82) is 0 Å². The van der Waals surface area contributed by atoms with E-state index in [2.05, 4.69) is 10.4 Å². The number of nitro benzene ring substituents is 1. The van der Waals surface area contributed by atoms with Gasteiger partial charge in [-0.05, 0) is 18.2 Å². The molecule has 1 heterocycles. The van der Waals surface area contributed by atoms with Crippen LogP contribution in [0.5, 0.6) is 5.75 Å². The highest BCUT2D eigenvalue weighted by atomic mass is 16.6. The van der Waals surface area contributed by atoms with Crippen LogP contribution in [0.2, 0.25) is 0 Å². The molecule has 9 heteroatoms. The van der Waals surface area contributed by atoms with Crippen LogP contribution in [-0.4, -0.2) is 27.7 Å². The molecular weight excluding hydrogens is 340 g/mol. The second kappa shape index (κ2) is 6.63. The highest BCUT2D eigenvalue weighted by Crippen LogP contribution is 2.29. The first-order valence-corrected chi connectivity index (χ1v) is 7.52. The minimum atomic E-state index is -0.662. The summed E-state index contributed by atoms with van der Waals surface area (Å²) in [6, 6.07) is 10.6. The van der Waals surface area contributed by atoms with E-state index in [9.17, 15) is 19.7 Å². The van der Waals surface area contributed by atoms with Crippen LogP contribution in [0.15, 0.2) is 47.3 Å². The van der Waals surface area contributed by atoms with Crippen molar-refractivity contribution in [2.45, 2.75) is 0 Å². The molecular formula is C17H14N4O5. The smallest absolute Gasteiger partial charge is 0.296 e. The third kappa shape index (κ3) is 2.97. The first kappa shape index (κ1) is 17.1. The molecule has 0 aliphatic heterocycles. The van der Waals surface area contributed by atoms with Crippen LogP contribution in [0.4, 0.5) is 11.4 Å². The molecule has 26 heavy (non-hydrogen) atoms. The van der Waals surface area contributed by atoms with Gasteiger partial charge in [-0.25, -0.2) is 4.68 Å². The molecule has 132 valence electrons. The summed E-state index contributed by atoms with van der Waals surface area (Å²) in [5.74, 6) is -0.370. The van der Waals surface area contributed by atoms with Crippen molar-refractivity contribution < 1.29 is 14.5 Å². The van der Waals surface area contributed by atoms with E-state index < -0.39 is 10.8 Å². The molecule has 0 spiro atoms. The molecule has 0 unspecified atom stereocenters. The van der Waals surface area contributed by atoms with Gasteiger partial charge in [0.05, 0.1) is 23.5 Å². The Morgan fingerprint density at radius 3 is 2.58 bits per heavy atom. The minimum Gasteiger partial charge on any atom is -0.496 e. The number of rotatable bonds is 4. The van der Waals surface area contributed by atoms with E-state index in [1.807, 2.05) is 0 Å². The molecule has 3 aromatic rings. The number of ether oxygens (including phenoxy) is 1. The highest BCUT2D eigenvalue weighted by molar-refractivity contribution is 6.11. The van der Waals surface area contributed by atoms with Gasteiger partial charge in [0.25, 0.3) is 17.2 Å². The summed E-state index contributed by atoms with van der Waals surface area (Å²) >= 11 is 0. The van der Waals surface area contributed by atoms with Crippen molar-refractivity contribution in [3.8, 4) is 5.75 Å². The molecule has 0 bridgehead atoms. The van der Waals surface area contributed by atoms with Crippen LogP contribution in [-0.2, 0) is 7.05 Å². The lowest BCUT2D eigenvalue weighted by molar-refractivity contribution is -0.384. The van der Waals surface area contributed by atoms with Gasteiger partial charge in [0, 0.05) is 12.4 Å². The van der Waals surface area contributed by atoms with Crippen LogP contribution < -0.4 is 15.6 Å². The summed E-state index contributed by atoms with van der Waals surface area (Å²) in [6.45, 7) is 0. The molecule has 0 saturated carbocycles. The molecule has 0 fully saturated rings. The van der Waals surface area contributed by atoms with Crippen LogP contribution in [0.1, 0.15) is 10.5 Å². The van der Waals surface area contributed by atoms with Crippen LogP contribution >= 0.6 is 0 Å². The molecule has 0 atom stereocenters. The summed E-state index contributed by atoms with van der Waals surface area (Å²) < 4.78 is 6.02. The Kier molecular flexibility index (Phi) is 4.36. The molecule has 0 saturated heterocycles. The Bertz CT molecular complexity index is 1090. The SMILES string of the molecule is COc1ccc(NC(=O)c2nn(C)c(=O)c3ccccc23)c([N+](=O)[O-])c1. The van der Waals surface area contributed by atoms with Gasteiger partial charge in [-0.2, -0.15) is 5.10 Å². The van der Waals surface area contributed by atoms with Crippen molar-refractivity contribution in [1.82, 2.24) is 9.78 Å². The first-order valence-electron chi connectivity index (χ1n) is 7.52. The van der Waals surface area contributed by atoms with Gasteiger partial charge < -0.3 is 10.1 Å². The van der Waals surface area contributed by atoms with E-state index >= 15 is 0 Å². The maximum Gasteiger partial charge on any atom is 0.296 e.